The van der Waals surface area contributed by atoms with Crippen LogP contribution >= 0.6 is 11.6 Å². The van der Waals surface area contributed by atoms with Crippen LogP contribution in [0.5, 0.6) is 23.0 Å². The maximum atomic E-state index is 15.9. The average Bonchev–Trinajstić information content (AvgIpc) is 0.775. The van der Waals surface area contributed by atoms with Crippen molar-refractivity contribution in [1.82, 2.24) is 39.7 Å². The summed E-state index contributed by atoms with van der Waals surface area (Å²) in [6, 6.07) is 21.3. The van der Waals surface area contributed by atoms with Crippen LogP contribution < -0.4 is 48.0 Å². The number of ether oxygens (including phenoxy) is 4. The molecule has 4 atom stereocenters. The van der Waals surface area contributed by atoms with E-state index in [0.717, 1.165) is 63.5 Å². The molecular weight excluding hydrogens is 1340 g/mol. The van der Waals surface area contributed by atoms with E-state index in [2.05, 4.69) is 40.5 Å². The molecule has 0 radical (unpaired) electrons. The Balaban J connectivity index is 0.000000227. The monoisotopic (exact) mass is 1410 g/mol. The molecule has 0 bridgehead atoms. The fourth-order valence-electron chi connectivity index (χ4n) is 11.2. The second-order valence-electron chi connectivity index (χ2n) is 22.8. The van der Waals surface area contributed by atoms with Gasteiger partial charge in [0.1, 0.15) is 80.3 Å². The van der Waals surface area contributed by atoms with Gasteiger partial charge in [0.05, 0.1) is 63.4 Å². The van der Waals surface area contributed by atoms with Gasteiger partial charge in [-0.3, -0.25) is 0 Å². The highest BCUT2D eigenvalue weighted by Gasteiger charge is 2.39. The Morgan fingerprint density at radius 1 is 0.536 bits per heavy atom. The first-order valence-corrected chi connectivity index (χ1v) is 33.0. The standard InChI is InChI=1S/C32H34ClF4N7O4S.C32H35F4N7O4S/c1-42(2)27-18-43(31-13-21(7-11-39-31)32(35,36)37)12-9-25(27)41-26-16-24(34)29(15-23(26)33)49(45,46)44(30-8-10-38-19-40-30)17-20-5-6-22(47-3)14-28(20)48-4;1-41(2)27-19-42(31-15-22(9-13-38-31)32(34,35)36)14-11-26(27)40-23-6-8-29(25(33)16-23)48(44,45)43(30-10-12-37-20-39-30)18-21-5-7-24(46-3)17-28(21)47-4/h5-8,10-11,13-16,19,25,27,41H,9,12,17-18H2,1-4H3;5-10,12-13,15-17,20,26-27,40H,11,14,18-19H2,1-4H3/t25?,27-;26?,27-/m00/s1. The number of halogens is 9. The zero-order chi connectivity index (χ0) is 70.1. The van der Waals surface area contributed by atoms with E-state index in [9.17, 15) is 43.2 Å². The maximum absolute atomic E-state index is 15.9. The first-order chi connectivity index (χ1) is 46.0. The Morgan fingerprint density at radius 2 is 0.990 bits per heavy atom. The molecule has 33 heteroatoms. The molecule has 97 heavy (non-hydrogen) atoms. The van der Waals surface area contributed by atoms with Gasteiger partial charge in [0, 0.05) is 116 Å². The average molecular weight is 1410 g/mol. The Kier molecular flexibility index (Phi) is 22.7. The van der Waals surface area contributed by atoms with Gasteiger partial charge >= 0.3 is 12.4 Å². The van der Waals surface area contributed by atoms with Crippen LogP contribution in [-0.4, -0.2) is 164 Å². The molecule has 2 saturated heterocycles. The lowest BCUT2D eigenvalue weighted by Gasteiger charge is -2.43. The van der Waals surface area contributed by atoms with E-state index in [1.807, 2.05) is 38.0 Å². The molecule has 0 saturated carbocycles. The number of likely N-dealkylation sites (N-methyl/N-ethyl adjacent to an activating group) is 2. The SMILES string of the molecule is COc1ccc(CN(c2ccncn2)S(=O)(=O)c2cc(Cl)c(NC3CCN(c4cc(C(F)(F)F)ccn4)C[C@@H]3N(C)C)cc2F)c(OC)c1.COc1ccc(CN(c2ccncn2)S(=O)(=O)c2ccc(NC3CCN(c4cc(C(F)(F)F)ccn4)C[C@@H]3N(C)C)cc2F)c(OC)c1. The minimum atomic E-state index is -4.61. The quantitative estimate of drug-likeness (QED) is 0.0602. The molecule has 2 aliphatic heterocycles. The Morgan fingerprint density at radius 3 is 1.40 bits per heavy atom. The predicted molar refractivity (Wildman–Crippen MR) is 350 cm³/mol. The zero-order valence-corrected chi connectivity index (χ0v) is 56.0. The van der Waals surface area contributed by atoms with Gasteiger partial charge in [-0.05, 0) is 120 Å². The summed E-state index contributed by atoms with van der Waals surface area (Å²) in [4.78, 5) is 30.4. The van der Waals surface area contributed by atoms with Crippen LogP contribution in [0, 0.1) is 11.6 Å². The Labute approximate surface area is 560 Å². The number of methoxy groups -OCH3 is 4. The number of alkyl halides is 6. The van der Waals surface area contributed by atoms with Gasteiger partial charge in [-0.25, -0.2) is 64.1 Å². The minimum absolute atomic E-state index is 0.0126. The van der Waals surface area contributed by atoms with Gasteiger partial charge in [0.15, 0.2) is 0 Å². The summed E-state index contributed by atoms with van der Waals surface area (Å²) >= 11 is 6.62. The highest BCUT2D eigenvalue weighted by molar-refractivity contribution is 7.93. The third kappa shape index (κ3) is 17.0. The molecule has 4 aromatic heterocycles. The predicted octanol–water partition coefficient (Wildman–Crippen LogP) is 10.8. The van der Waals surface area contributed by atoms with E-state index >= 15 is 8.78 Å². The van der Waals surface area contributed by atoms with Gasteiger partial charge in [0.25, 0.3) is 20.0 Å². The van der Waals surface area contributed by atoms with E-state index in [4.69, 9.17) is 30.5 Å². The molecule has 0 spiro atoms. The second kappa shape index (κ2) is 30.5. The smallest absolute Gasteiger partial charge is 0.416 e. The second-order valence-corrected chi connectivity index (χ2v) is 26.8. The highest BCUT2D eigenvalue weighted by Crippen LogP contribution is 2.39. The third-order valence-corrected chi connectivity index (χ3v) is 20.2. The summed E-state index contributed by atoms with van der Waals surface area (Å²) in [6.45, 7) is 0.924. The number of piperidine rings is 2. The number of sulfonamides is 2. The maximum Gasteiger partial charge on any atom is 0.416 e. The van der Waals surface area contributed by atoms with Crippen molar-refractivity contribution in [3.05, 3.63) is 179 Å². The van der Waals surface area contributed by atoms with Crippen LogP contribution in [0.15, 0.2) is 150 Å². The van der Waals surface area contributed by atoms with Crippen molar-refractivity contribution in [2.24, 2.45) is 0 Å². The fraction of sp³-hybridized carbons (Fsp3) is 0.344. The molecule has 10 rings (SSSR count). The molecule has 22 nitrogen and oxygen atoms in total. The van der Waals surface area contributed by atoms with Gasteiger partial charge in [-0.1, -0.05) is 11.6 Å². The number of hydrogen-bond donors (Lipinski definition) is 2. The Hall–Kier alpha value is -9.11. The summed E-state index contributed by atoms with van der Waals surface area (Å²) < 4.78 is 191. The summed E-state index contributed by atoms with van der Waals surface area (Å²) in [5.74, 6) is 0.110. The largest absolute Gasteiger partial charge is 0.497 e. The first kappa shape index (κ1) is 72.2. The number of benzene rings is 4. The molecule has 4 aromatic carbocycles. The van der Waals surface area contributed by atoms with Gasteiger partial charge in [-0.15, -0.1) is 0 Å². The molecule has 2 N–H and O–H groups in total. The molecule has 0 aliphatic carbocycles. The number of anilines is 6. The number of pyridine rings is 2. The number of nitrogens with zero attached hydrogens (tertiary/aromatic N) is 12. The lowest BCUT2D eigenvalue weighted by atomic mass is 9.97. The van der Waals surface area contributed by atoms with Crippen molar-refractivity contribution in [3.63, 3.8) is 0 Å². The van der Waals surface area contributed by atoms with Crippen molar-refractivity contribution < 1.29 is 70.9 Å². The van der Waals surface area contributed by atoms with Crippen LogP contribution in [-0.2, 0) is 45.5 Å². The number of rotatable bonds is 22. The number of aromatic nitrogens is 6. The molecule has 0 amide bonds. The molecule has 518 valence electrons. The van der Waals surface area contributed by atoms with Crippen molar-refractivity contribution in [3.8, 4) is 23.0 Å². The van der Waals surface area contributed by atoms with Crippen molar-refractivity contribution in [1.29, 1.82) is 0 Å². The summed E-state index contributed by atoms with van der Waals surface area (Å²) in [6.07, 6.45) is -0.675. The van der Waals surface area contributed by atoms with Crippen molar-refractivity contribution in [2.75, 3.05) is 112 Å². The van der Waals surface area contributed by atoms with Gasteiger partial charge in [0.2, 0.25) is 0 Å². The normalized spacial score (nSPS) is 16.9. The van der Waals surface area contributed by atoms with E-state index in [1.54, 1.807) is 46.2 Å². The van der Waals surface area contributed by atoms with Crippen LogP contribution in [0.4, 0.5) is 69.8 Å². The van der Waals surface area contributed by atoms with E-state index in [1.165, 1.54) is 77.8 Å². The lowest BCUT2D eigenvalue weighted by molar-refractivity contribution is -0.138. The van der Waals surface area contributed by atoms with Crippen LogP contribution in [0.2, 0.25) is 5.02 Å². The molecule has 6 heterocycles. The van der Waals surface area contributed by atoms with Crippen LogP contribution in [0.25, 0.3) is 0 Å². The van der Waals surface area contributed by atoms with E-state index < -0.39 is 65.0 Å². The summed E-state index contributed by atoms with van der Waals surface area (Å²) in [5, 5.41) is 6.48. The topological polar surface area (TPSA) is 226 Å². The van der Waals surface area contributed by atoms with E-state index in [0.29, 0.717) is 78.8 Å². The fourth-order valence-corrected chi connectivity index (χ4v) is 14.4. The highest BCUT2D eigenvalue weighted by atomic mass is 35.5. The van der Waals surface area contributed by atoms with Crippen molar-refractivity contribution in [2.45, 2.75) is 72.2 Å². The molecule has 2 fully saturated rings. The van der Waals surface area contributed by atoms with E-state index in [-0.39, 0.29) is 71.2 Å². The number of hydrogen-bond acceptors (Lipinski definition) is 20. The first-order valence-electron chi connectivity index (χ1n) is 29.7. The lowest BCUT2D eigenvalue weighted by Crippen LogP contribution is -2.56. The third-order valence-electron chi connectivity index (χ3n) is 16.3. The molecule has 2 unspecified atom stereocenters. The molecule has 2 aliphatic rings. The van der Waals surface area contributed by atoms with Crippen LogP contribution in [0.3, 0.4) is 0 Å². The van der Waals surface area contributed by atoms with Gasteiger partial charge < -0.3 is 49.2 Å². The van der Waals surface area contributed by atoms with Crippen LogP contribution in [0.1, 0.15) is 35.1 Å². The number of nitrogens with one attached hydrogen (secondary N) is 2. The van der Waals surface area contributed by atoms with Crippen molar-refractivity contribution >= 4 is 66.3 Å². The van der Waals surface area contributed by atoms with Gasteiger partial charge in [-0.2, -0.15) is 26.3 Å². The Bertz CT molecular complexity index is 4260. The summed E-state index contributed by atoms with van der Waals surface area (Å²) in [5.41, 5.74) is -0.124. The molecular formula is C64H69ClF8N14O8S2. The zero-order valence-electron chi connectivity index (χ0n) is 53.6. The minimum Gasteiger partial charge on any atom is -0.497 e. The summed E-state index contributed by atoms with van der Waals surface area (Å²) in [7, 11) is 4.08. The molecule has 8 aromatic rings.